The third-order valence-corrected chi connectivity index (χ3v) is 2.43. The summed E-state index contributed by atoms with van der Waals surface area (Å²) < 4.78 is 0. The summed E-state index contributed by atoms with van der Waals surface area (Å²) in [7, 11) is 0. The SMILES string of the molecule is CCC[C@@H](C)[C@@H](C)C(=O)CC(=O)O. The fourth-order valence-corrected chi connectivity index (χ4v) is 1.33. The van der Waals surface area contributed by atoms with E-state index in [1.807, 2.05) is 13.8 Å². The maximum atomic E-state index is 11.3. The topological polar surface area (TPSA) is 54.4 Å². The summed E-state index contributed by atoms with van der Waals surface area (Å²) in [6.07, 6.45) is 1.67. The zero-order valence-corrected chi connectivity index (χ0v) is 8.54. The van der Waals surface area contributed by atoms with E-state index < -0.39 is 5.97 Å². The highest BCUT2D eigenvalue weighted by molar-refractivity contribution is 5.95. The van der Waals surface area contributed by atoms with Gasteiger partial charge in [-0.05, 0) is 5.92 Å². The van der Waals surface area contributed by atoms with Crippen molar-refractivity contribution in [1.82, 2.24) is 0 Å². The number of carboxylic acids is 1. The van der Waals surface area contributed by atoms with Gasteiger partial charge in [-0.25, -0.2) is 0 Å². The average Bonchev–Trinajstić information content (AvgIpc) is 2.02. The van der Waals surface area contributed by atoms with E-state index in [-0.39, 0.29) is 24.0 Å². The van der Waals surface area contributed by atoms with Crippen LogP contribution in [0.2, 0.25) is 0 Å². The van der Waals surface area contributed by atoms with E-state index in [4.69, 9.17) is 5.11 Å². The van der Waals surface area contributed by atoms with Gasteiger partial charge in [-0.2, -0.15) is 0 Å². The van der Waals surface area contributed by atoms with Crippen LogP contribution in [0.1, 0.15) is 40.0 Å². The molecule has 0 saturated carbocycles. The van der Waals surface area contributed by atoms with Gasteiger partial charge < -0.3 is 5.11 Å². The van der Waals surface area contributed by atoms with E-state index in [2.05, 4.69) is 6.92 Å². The molecular weight excluding hydrogens is 168 g/mol. The Morgan fingerprint density at radius 3 is 2.23 bits per heavy atom. The van der Waals surface area contributed by atoms with Crippen molar-refractivity contribution in [3.63, 3.8) is 0 Å². The Morgan fingerprint density at radius 2 is 1.85 bits per heavy atom. The van der Waals surface area contributed by atoms with Crippen molar-refractivity contribution in [2.24, 2.45) is 11.8 Å². The molecule has 0 spiro atoms. The lowest BCUT2D eigenvalue weighted by atomic mass is 9.87. The van der Waals surface area contributed by atoms with Crippen molar-refractivity contribution in [1.29, 1.82) is 0 Å². The van der Waals surface area contributed by atoms with Gasteiger partial charge in [0, 0.05) is 5.92 Å². The van der Waals surface area contributed by atoms with Crippen LogP contribution in [0.5, 0.6) is 0 Å². The molecule has 0 amide bonds. The second-order valence-electron chi connectivity index (χ2n) is 3.59. The van der Waals surface area contributed by atoms with Gasteiger partial charge in [0.25, 0.3) is 0 Å². The molecule has 0 fully saturated rings. The average molecular weight is 186 g/mol. The number of hydrogen-bond donors (Lipinski definition) is 1. The minimum atomic E-state index is -1.03. The van der Waals surface area contributed by atoms with Crippen LogP contribution in [0.25, 0.3) is 0 Å². The molecule has 0 aromatic heterocycles. The van der Waals surface area contributed by atoms with Gasteiger partial charge in [0.05, 0.1) is 0 Å². The predicted molar refractivity (Wildman–Crippen MR) is 50.5 cm³/mol. The van der Waals surface area contributed by atoms with E-state index in [0.29, 0.717) is 0 Å². The first-order chi connectivity index (χ1) is 5.99. The predicted octanol–water partition coefficient (Wildman–Crippen LogP) is 2.10. The molecule has 1 N–H and O–H groups in total. The van der Waals surface area contributed by atoms with E-state index >= 15 is 0 Å². The first-order valence-corrected chi connectivity index (χ1v) is 4.73. The standard InChI is InChI=1S/C10H18O3/c1-4-5-7(2)8(3)9(11)6-10(12)13/h7-8H,4-6H2,1-3H3,(H,12,13)/t7-,8-/m1/s1. The second kappa shape index (κ2) is 5.73. The van der Waals surface area contributed by atoms with Crippen molar-refractivity contribution in [2.75, 3.05) is 0 Å². The summed E-state index contributed by atoms with van der Waals surface area (Å²) in [4.78, 5) is 21.6. The van der Waals surface area contributed by atoms with Gasteiger partial charge in [-0.1, -0.05) is 33.6 Å². The van der Waals surface area contributed by atoms with Crippen molar-refractivity contribution in [3.05, 3.63) is 0 Å². The monoisotopic (exact) mass is 186 g/mol. The maximum Gasteiger partial charge on any atom is 0.310 e. The molecule has 3 nitrogen and oxygen atoms in total. The third-order valence-electron chi connectivity index (χ3n) is 2.43. The van der Waals surface area contributed by atoms with Gasteiger partial charge in [-0.15, -0.1) is 0 Å². The quantitative estimate of drug-likeness (QED) is 0.646. The lowest BCUT2D eigenvalue weighted by Gasteiger charge is -2.16. The molecule has 0 bridgehead atoms. The molecule has 2 atom stereocenters. The normalized spacial score (nSPS) is 15.0. The Kier molecular flexibility index (Phi) is 5.35. The van der Waals surface area contributed by atoms with Crippen LogP contribution >= 0.6 is 0 Å². The fraction of sp³-hybridized carbons (Fsp3) is 0.800. The number of ketones is 1. The zero-order valence-electron chi connectivity index (χ0n) is 8.54. The molecule has 76 valence electrons. The molecule has 0 aliphatic rings. The van der Waals surface area contributed by atoms with Crippen LogP contribution in [0.15, 0.2) is 0 Å². The lowest BCUT2D eigenvalue weighted by Crippen LogP contribution is -2.21. The Balaban J connectivity index is 4.01. The lowest BCUT2D eigenvalue weighted by molar-refractivity contribution is -0.141. The summed E-state index contributed by atoms with van der Waals surface area (Å²) >= 11 is 0. The maximum absolute atomic E-state index is 11.3. The van der Waals surface area contributed by atoms with Crippen molar-refractivity contribution < 1.29 is 14.7 Å². The summed E-state index contributed by atoms with van der Waals surface area (Å²) in [5.41, 5.74) is 0. The second-order valence-corrected chi connectivity index (χ2v) is 3.59. The van der Waals surface area contributed by atoms with Gasteiger partial charge in [0.1, 0.15) is 12.2 Å². The highest BCUT2D eigenvalue weighted by atomic mass is 16.4. The van der Waals surface area contributed by atoms with Gasteiger partial charge in [0.15, 0.2) is 0 Å². The summed E-state index contributed by atoms with van der Waals surface area (Å²) in [6.45, 7) is 5.87. The molecule has 13 heavy (non-hydrogen) atoms. The van der Waals surface area contributed by atoms with Crippen LogP contribution in [-0.2, 0) is 9.59 Å². The van der Waals surface area contributed by atoms with E-state index in [1.165, 1.54) is 0 Å². The van der Waals surface area contributed by atoms with Crippen LogP contribution in [0, 0.1) is 11.8 Å². The number of rotatable bonds is 6. The Morgan fingerprint density at radius 1 is 1.31 bits per heavy atom. The Hall–Kier alpha value is -0.860. The molecule has 3 heteroatoms. The molecule has 0 aromatic rings. The van der Waals surface area contributed by atoms with Crippen LogP contribution < -0.4 is 0 Å². The molecule has 0 aromatic carbocycles. The third kappa shape index (κ3) is 4.65. The highest BCUT2D eigenvalue weighted by Crippen LogP contribution is 2.18. The molecular formula is C10H18O3. The smallest absolute Gasteiger partial charge is 0.310 e. The summed E-state index contributed by atoms with van der Waals surface area (Å²) in [5.74, 6) is -1.03. The first-order valence-electron chi connectivity index (χ1n) is 4.73. The van der Waals surface area contributed by atoms with E-state index in [1.54, 1.807) is 0 Å². The van der Waals surface area contributed by atoms with Crippen LogP contribution in [-0.4, -0.2) is 16.9 Å². The van der Waals surface area contributed by atoms with Crippen molar-refractivity contribution in [2.45, 2.75) is 40.0 Å². The van der Waals surface area contributed by atoms with Gasteiger partial charge in [-0.3, -0.25) is 9.59 Å². The summed E-state index contributed by atoms with van der Waals surface area (Å²) in [5, 5.41) is 8.42. The number of carbonyl (C=O) groups excluding carboxylic acids is 1. The van der Waals surface area contributed by atoms with Crippen LogP contribution in [0.4, 0.5) is 0 Å². The van der Waals surface area contributed by atoms with Crippen LogP contribution in [0.3, 0.4) is 0 Å². The highest BCUT2D eigenvalue weighted by Gasteiger charge is 2.21. The van der Waals surface area contributed by atoms with E-state index in [0.717, 1.165) is 12.8 Å². The number of carboxylic acid groups (broad SMARTS) is 1. The zero-order chi connectivity index (χ0) is 10.4. The molecule has 0 rings (SSSR count). The number of carbonyl (C=O) groups is 2. The van der Waals surface area contributed by atoms with E-state index in [9.17, 15) is 9.59 Å². The summed E-state index contributed by atoms with van der Waals surface area (Å²) in [6, 6.07) is 0. The van der Waals surface area contributed by atoms with Crippen molar-refractivity contribution in [3.8, 4) is 0 Å². The molecule has 0 aliphatic carbocycles. The van der Waals surface area contributed by atoms with Gasteiger partial charge >= 0.3 is 5.97 Å². The number of Topliss-reactive ketones (excluding diaryl/α,β-unsaturated/α-hetero) is 1. The molecule has 0 unspecified atom stereocenters. The fourth-order valence-electron chi connectivity index (χ4n) is 1.33. The minimum Gasteiger partial charge on any atom is -0.481 e. The molecule has 0 radical (unpaired) electrons. The first kappa shape index (κ1) is 12.1. The molecule has 0 aliphatic heterocycles. The number of aliphatic carboxylic acids is 1. The molecule has 0 saturated heterocycles. The van der Waals surface area contributed by atoms with Crippen molar-refractivity contribution >= 4 is 11.8 Å². The Bertz CT molecular complexity index is 187. The van der Waals surface area contributed by atoms with Gasteiger partial charge in [0.2, 0.25) is 0 Å². The largest absolute Gasteiger partial charge is 0.481 e. The minimum absolute atomic E-state index is 0.129. The molecule has 0 heterocycles. The number of hydrogen-bond acceptors (Lipinski definition) is 2. The Labute approximate surface area is 79.1 Å².